The summed E-state index contributed by atoms with van der Waals surface area (Å²) in [5.41, 5.74) is 1.90. The number of benzene rings is 3. The molecule has 8 nitrogen and oxygen atoms in total. The summed E-state index contributed by atoms with van der Waals surface area (Å²) in [5.74, 6) is 0.346. The molecule has 0 N–H and O–H groups in total. The molecule has 2 heterocycles. The average Bonchev–Trinajstić information content (AvgIpc) is 3.43. The Bertz CT molecular complexity index is 1250. The molecule has 186 valence electrons. The van der Waals surface area contributed by atoms with Gasteiger partial charge < -0.3 is 14.2 Å². The zero-order chi connectivity index (χ0) is 25.2. The summed E-state index contributed by atoms with van der Waals surface area (Å²) in [5, 5.41) is 1.64. The average molecular weight is 489 g/mol. The van der Waals surface area contributed by atoms with Crippen LogP contribution in [0.1, 0.15) is 24.9 Å². The molecule has 2 aliphatic rings. The van der Waals surface area contributed by atoms with Crippen molar-refractivity contribution in [1.82, 2.24) is 0 Å². The number of hydrogen-bond acceptors (Lipinski definition) is 7. The molecule has 5 rings (SSSR count). The summed E-state index contributed by atoms with van der Waals surface area (Å²) >= 11 is 0. The fourth-order valence-corrected chi connectivity index (χ4v) is 4.77. The monoisotopic (exact) mass is 488 g/mol. The van der Waals surface area contributed by atoms with Gasteiger partial charge in [0.05, 0.1) is 32.2 Å². The van der Waals surface area contributed by atoms with Crippen molar-refractivity contribution in [2.75, 3.05) is 30.8 Å². The van der Waals surface area contributed by atoms with Gasteiger partial charge in [0.15, 0.2) is 6.10 Å². The number of nitrogens with zero attached hydrogens (tertiary/aromatic N) is 2. The van der Waals surface area contributed by atoms with E-state index < -0.39 is 24.0 Å². The van der Waals surface area contributed by atoms with Crippen LogP contribution in [0.3, 0.4) is 0 Å². The van der Waals surface area contributed by atoms with Crippen molar-refractivity contribution < 1.29 is 28.6 Å². The van der Waals surface area contributed by atoms with Crippen LogP contribution >= 0.6 is 0 Å². The number of fused-ring (bicyclic) bond motifs is 1. The molecule has 2 saturated heterocycles. The smallest absolute Gasteiger partial charge is 0.266 e. The summed E-state index contributed by atoms with van der Waals surface area (Å²) in [6.45, 7) is 2.62. The van der Waals surface area contributed by atoms with Crippen LogP contribution in [-0.4, -0.2) is 38.7 Å². The van der Waals surface area contributed by atoms with E-state index in [0.717, 1.165) is 12.1 Å². The maximum atomic E-state index is 13.9. The van der Waals surface area contributed by atoms with Crippen LogP contribution in [-0.2, 0) is 14.4 Å². The quantitative estimate of drug-likeness (QED) is 0.431. The van der Waals surface area contributed by atoms with E-state index in [0.29, 0.717) is 35.1 Å². The molecule has 8 heteroatoms. The fraction of sp³-hybridized carbons (Fsp3) is 0.286. The first-order valence-corrected chi connectivity index (χ1v) is 11.9. The summed E-state index contributed by atoms with van der Waals surface area (Å²) in [4.78, 5) is 34.8. The molecule has 2 fully saturated rings. The predicted octanol–water partition coefficient (Wildman–Crippen LogP) is 4.54. The third kappa shape index (κ3) is 4.03. The lowest BCUT2D eigenvalue weighted by atomic mass is 9.89. The van der Waals surface area contributed by atoms with Crippen molar-refractivity contribution in [1.29, 1.82) is 0 Å². The molecule has 3 atom stereocenters. The highest BCUT2D eigenvalue weighted by Crippen LogP contribution is 2.50. The molecule has 36 heavy (non-hydrogen) atoms. The second-order valence-electron chi connectivity index (χ2n) is 8.62. The number of para-hydroxylation sites is 1. The van der Waals surface area contributed by atoms with Crippen LogP contribution < -0.4 is 24.2 Å². The van der Waals surface area contributed by atoms with E-state index in [9.17, 15) is 9.59 Å². The van der Waals surface area contributed by atoms with Crippen molar-refractivity contribution in [2.24, 2.45) is 5.92 Å². The second-order valence-corrected chi connectivity index (χ2v) is 8.62. The Hall–Kier alpha value is -4.04. The Morgan fingerprint density at radius 2 is 1.56 bits per heavy atom. The predicted molar refractivity (Wildman–Crippen MR) is 134 cm³/mol. The molecule has 0 spiro atoms. The third-order valence-electron chi connectivity index (χ3n) is 6.45. The van der Waals surface area contributed by atoms with Crippen LogP contribution in [0.15, 0.2) is 72.8 Å². The molecule has 0 saturated carbocycles. The van der Waals surface area contributed by atoms with Crippen molar-refractivity contribution in [2.45, 2.75) is 25.5 Å². The van der Waals surface area contributed by atoms with Gasteiger partial charge >= 0.3 is 0 Å². The number of rotatable bonds is 8. The SMILES string of the molecule is CCCOc1ccc(N2C(=O)[C@@H]3[C@@H](c4cc(OC)ccc4OC)N(c4ccccc4)O[C@H]3C2=O)cc1. The molecule has 0 bridgehead atoms. The lowest BCUT2D eigenvalue weighted by molar-refractivity contribution is -0.126. The van der Waals surface area contributed by atoms with Crippen molar-refractivity contribution in [3.8, 4) is 17.2 Å². The minimum absolute atomic E-state index is 0.333. The second kappa shape index (κ2) is 9.91. The lowest BCUT2D eigenvalue weighted by Gasteiger charge is -2.29. The zero-order valence-corrected chi connectivity index (χ0v) is 20.4. The third-order valence-corrected chi connectivity index (χ3v) is 6.45. The van der Waals surface area contributed by atoms with Crippen LogP contribution in [0.25, 0.3) is 0 Å². The fourth-order valence-electron chi connectivity index (χ4n) is 4.77. The topological polar surface area (TPSA) is 77.5 Å². The van der Waals surface area contributed by atoms with E-state index in [1.807, 2.05) is 43.3 Å². The highest BCUT2D eigenvalue weighted by atomic mass is 16.7. The van der Waals surface area contributed by atoms with Crippen LogP contribution in [0.4, 0.5) is 11.4 Å². The molecule has 0 unspecified atom stereocenters. The number of imide groups is 1. The molecule has 3 aromatic carbocycles. The Labute approximate surface area is 209 Å². The number of methoxy groups -OCH3 is 2. The van der Waals surface area contributed by atoms with Gasteiger partial charge in [-0.15, -0.1) is 0 Å². The lowest BCUT2D eigenvalue weighted by Crippen LogP contribution is -2.37. The highest BCUT2D eigenvalue weighted by Gasteiger charge is 2.60. The van der Waals surface area contributed by atoms with Gasteiger partial charge in [-0.25, -0.2) is 9.96 Å². The van der Waals surface area contributed by atoms with Gasteiger partial charge in [-0.3, -0.25) is 14.4 Å². The van der Waals surface area contributed by atoms with E-state index in [1.54, 1.807) is 55.7 Å². The van der Waals surface area contributed by atoms with Crippen LogP contribution in [0.5, 0.6) is 17.2 Å². The maximum absolute atomic E-state index is 13.9. The molecule has 0 aromatic heterocycles. The number of carbonyl (C=O) groups excluding carboxylic acids is 2. The number of hydroxylamine groups is 1. The van der Waals surface area contributed by atoms with Crippen LogP contribution in [0.2, 0.25) is 0 Å². The first kappa shape index (κ1) is 23.7. The van der Waals surface area contributed by atoms with Gasteiger partial charge in [0.25, 0.3) is 5.91 Å². The number of ether oxygens (including phenoxy) is 3. The van der Waals surface area contributed by atoms with Gasteiger partial charge in [-0.2, -0.15) is 0 Å². The largest absolute Gasteiger partial charge is 0.497 e. The highest BCUT2D eigenvalue weighted by molar-refractivity contribution is 6.24. The van der Waals surface area contributed by atoms with Gasteiger partial charge in [-0.1, -0.05) is 25.1 Å². The van der Waals surface area contributed by atoms with E-state index in [1.165, 1.54) is 4.90 Å². The molecule has 0 radical (unpaired) electrons. The number of carbonyl (C=O) groups is 2. The molecule has 2 amide bonds. The van der Waals surface area contributed by atoms with E-state index >= 15 is 0 Å². The van der Waals surface area contributed by atoms with Gasteiger partial charge in [0.2, 0.25) is 5.91 Å². The molecule has 0 aliphatic carbocycles. The normalized spacial score (nSPS) is 21.0. The zero-order valence-electron chi connectivity index (χ0n) is 20.4. The van der Waals surface area contributed by atoms with Crippen LogP contribution in [0, 0.1) is 5.92 Å². The van der Waals surface area contributed by atoms with E-state index in [2.05, 4.69) is 0 Å². The minimum atomic E-state index is -0.977. The summed E-state index contributed by atoms with van der Waals surface area (Å²) < 4.78 is 16.7. The standard InChI is InChI=1S/C28H28N2O6/c1-4-16-35-20-12-10-18(11-13-20)29-27(31)24-25(22-17-21(33-2)14-15-23(22)34-3)30(36-26(24)28(29)32)19-8-6-5-7-9-19/h5-15,17,24-26H,4,16H2,1-3H3/t24-,25-,26-/m1/s1. The Kier molecular flexibility index (Phi) is 6.52. The first-order chi connectivity index (χ1) is 17.6. The number of hydrogen-bond donors (Lipinski definition) is 0. The Balaban J connectivity index is 1.55. The summed E-state index contributed by atoms with van der Waals surface area (Å²) in [6, 6.07) is 21.2. The Morgan fingerprint density at radius 3 is 2.22 bits per heavy atom. The molecule has 3 aromatic rings. The molecule has 2 aliphatic heterocycles. The molecular formula is C28H28N2O6. The van der Waals surface area contributed by atoms with Crippen molar-refractivity contribution >= 4 is 23.2 Å². The van der Waals surface area contributed by atoms with E-state index in [-0.39, 0.29) is 5.91 Å². The van der Waals surface area contributed by atoms with Crippen molar-refractivity contribution in [3.05, 3.63) is 78.4 Å². The van der Waals surface area contributed by atoms with Gasteiger partial charge in [-0.05, 0) is 61.0 Å². The first-order valence-electron chi connectivity index (χ1n) is 11.9. The van der Waals surface area contributed by atoms with Gasteiger partial charge in [0.1, 0.15) is 29.2 Å². The number of amides is 2. The maximum Gasteiger partial charge on any atom is 0.266 e. The van der Waals surface area contributed by atoms with Gasteiger partial charge in [0, 0.05) is 5.56 Å². The number of anilines is 2. The van der Waals surface area contributed by atoms with Crippen molar-refractivity contribution in [3.63, 3.8) is 0 Å². The summed E-state index contributed by atoms with van der Waals surface area (Å²) in [7, 11) is 3.15. The minimum Gasteiger partial charge on any atom is -0.497 e. The molecular weight excluding hydrogens is 460 g/mol. The Morgan fingerprint density at radius 1 is 0.833 bits per heavy atom. The van der Waals surface area contributed by atoms with E-state index in [4.69, 9.17) is 19.0 Å². The summed E-state index contributed by atoms with van der Waals surface area (Å²) in [6.07, 6.45) is -0.0897.